The van der Waals surface area contributed by atoms with E-state index in [-0.39, 0.29) is 0 Å². The Hall–Kier alpha value is -5.80. The van der Waals surface area contributed by atoms with Crippen molar-refractivity contribution < 1.29 is 4.42 Å². The molecule has 0 aliphatic rings. The van der Waals surface area contributed by atoms with Crippen LogP contribution in [0.4, 0.5) is 0 Å². The number of hydrogen-bond donors (Lipinski definition) is 0. The van der Waals surface area contributed by atoms with Crippen molar-refractivity contribution in [3.63, 3.8) is 0 Å². The summed E-state index contributed by atoms with van der Waals surface area (Å²) in [7, 11) is 0. The van der Waals surface area contributed by atoms with E-state index in [0.29, 0.717) is 0 Å². The third kappa shape index (κ3) is 3.68. The third-order valence-corrected chi connectivity index (χ3v) is 8.56. The van der Waals surface area contributed by atoms with E-state index in [0.717, 1.165) is 77.1 Å². The Morgan fingerprint density at radius 2 is 0.884 bits per heavy atom. The number of rotatable bonds is 3. The fraction of sp³-hybridized carbons (Fsp3) is 0. The average Bonchev–Trinajstić information content (AvgIpc) is 3.48. The maximum absolute atomic E-state index is 6.70. The van der Waals surface area contributed by atoms with Gasteiger partial charge in [-0.05, 0) is 45.2 Å². The topological polar surface area (TPSA) is 38.9 Å². The quantitative estimate of drug-likeness (QED) is 0.206. The van der Waals surface area contributed by atoms with Crippen molar-refractivity contribution in [1.29, 1.82) is 0 Å². The molecule has 0 radical (unpaired) electrons. The highest BCUT2D eigenvalue weighted by Crippen LogP contribution is 2.41. The first kappa shape index (κ1) is 23.9. The minimum atomic E-state index is 0.910. The maximum Gasteiger partial charge on any atom is 0.143 e. The number of furan rings is 1. The van der Waals surface area contributed by atoms with Crippen LogP contribution >= 0.6 is 0 Å². The molecule has 0 amide bonds. The van der Waals surface area contributed by atoms with Gasteiger partial charge in [0.05, 0.1) is 11.0 Å². The summed E-state index contributed by atoms with van der Waals surface area (Å²) >= 11 is 0. The minimum absolute atomic E-state index is 0.910. The molecule has 0 aliphatic carbocycles. The van der Waals surface area contributed by atoms with Gasteiger partial charge in [-0.15, -0.1) is 0 Å². The minimum Gasteiger partial charge on any atom is -0.455 e. The fourth-order valence-corrected chi connectivity index (χ4v) is 6.57. The van der Waals surface area contributed by atoms with Crippen LogP contribution in [0.3, 0.4) is 0 Å². The number of aromatic nitrogens is 2. The maximum atomic E-state index is 6.70. The van der Waals surface area contributed by atoms with Crippen LogP contribution in [-0.2, 0) is 0 Å². The molecule has 0 spiro atoms. The molecule has 0 fully saturated rings. The molecule has 9 aromatic rings. The van der Waals surface area contributed by atoms with Crippen LogP contribution in [0.1, 0.15) is 0 Å². The first-order chi connectivity index (χ1) is 21.3. The molecule has 0 saturated carbocycles. The van der Waals surface area contributed by atoms with Gasteiger partial charge in [-0.1, -0.05) is 121 Å². The molecule has 0 unspecified atom stereocenters. The molecule has 43 heavy (non-hydrogen) atoms. The molecule has 7 aromatic carbocycles. The second-order valence-electron chi connectivity index (χ2n) is 11.0. The summed E-state index contributed by atoms with van der Waals surface area (Å²) in [5.74, 6) is 0. The molecule has 200 valence electrons. The van der Waals surface area contributed by atoms with Crippen molar-refractivity contribution in [3.8, 4) is 33.4 Å². The molecular formula is C40H24N2O. The van der Waals surface area contributed by atoms with Gasteiger partial charge in [-0.3, -0.25) is 9.97 Å². The predicted molar refractivity (Wildman–Crippen MR) is 178 cm³/mol. The largest absolute Gasteiger partial charge is 0.455 e. The molecule has 2 heterocycles. The predicted octanol–water partition coefficient (Wildman–Crippen LogP) is 10.8. The molecule has 2 aromatic heterocycles. The summed E-state index contributed by atoms with van der Waals surface area (Å²) in [5.41, 5.74) is 10.5. The summed E-state index contributed by atoms with van der Waals surface area (Å²) in [4.78, 5) is 9.39. The van der Waals surface area contributed by atoms with Gasteiger partial charge < -0.3 is 4.42 Å². The second-order valence-corrected chi connectivity index (χ2v) is 11.0. The average molecular weight is 549 g/mol. The van der Waals surface area contributed by atoms with E-state index in [4.69, 9.17) is 9.40 Å². The highest BCUT2D eigenvalue weighted by Gasteiger charge is 2.16. The lowest BCUT2D eigenvalue weighted by Gasteiger charge is -2.11. The molecule has 9 rings (SSSR count). The summed E-state index contributed by atoms with van der Waals surface area (Å²) in [6.07, 6.45) is 3.54. The Balaban J connectivity index is 1.22. The Morgan fingerprint density at radius 3 is 1.63 bits per heavy atom. The van der Waals surface area contributed by atoms with Gasteiger partial charge in [0.1, 0.15) is 11.2 Å². The van der Waals surface area contributed by atoms with Gasteiger partial charge >= 0.3 is 0 Å². The Kier molecular flexibility index (Phi) is 5.20. The van der Waals surface area contributed by atoms with Crippen molar-refractivity contribution in [2.24, 2.45) is 0 Å². The van der Waals surface area contributed by atoms with Crippen molar-refractivity contribution in [1.82, 2.24) is 9.97 Å². The van der Waals surface area contributed by atoms with Gasteiger partial charge in [-0.25, -0.2) is 0 Å². The first-order valence-corrected chi connectivity index (χ1v) is 14.5. The van der Waals surface area contributed by atoms with Crippen molar-refractivity contribution in [2.45, 2.75) is 0 Å². The molecule has 0 saturated heterocycles. The molecule has 0 atom stereocenters. The number of nitrogens with zero attached hydrogens (tertiary/aromatic N) is 2. The van der Waals surface area contributed by atoms with E-state index < -0.39 is 0 Å². The Labute approximate surface area is 247 Å². The molecule has 0 N–H and O–H groups in total. The lowest BCUT2D eigenvalue weighted by Crippen LogP contribution is -1.89. The monoisotopic (exact) mass is 548 g/mol. The van der Waals surface area contributed by atoms with Gasteiger partial charge in [-0.2, -0.15) is 0 Å². The van der Waals surface area contributed by atoms with Crippen LogP contribution in [-0.4, -0.2) is 9.97 Å². The highest BCUT2D eigenvalue weighted by molar-refractivity contribution is 6.23. The second kappa shape index (κ2) is 9.37. The lowest BCUT2D eigenvalue weighted by atomic mass is 9.94. The number of fused-ring (bicyclic) bond motifs is 9. The molecule has 0 aliphatic heterocycles. The zero-order valence-corrected chi connectivity index (χ0v) is 23.2. The van der Waals surface area contributed by atoms with E-state index in [9.17, 15) is 0 Å². The van der Waals surface area contributed by atoms with E-state index in [1.165, 1.54) is 10.8 Å². The van der Waals surface area contributed by atoms with E-state index in [1.54, 1.807) is 12.4 Å². The number of para-hydroxylation sites is 2. The lowest BCUT2D eigenvalue weighted by molar-refractivity contribution is 0.671. The Bertz CT molecular complexity index is 2470. The van der Waals surface area contributed by atoms with Crippen LogP contribution in [0.15, 0.2) is 150 Å². The summed E-state index contributed by atoms with van der Waals surface area (Å²) in [6, 6.07) is 47.2. The smallest absolute Gasteiger partial charge is 0.143 e. The van der Waals surface area contributed by atoms with Crippen LogP contribution in [0.2, 0.25) is 0 Å². The van der Waals surface area contributed by atoms with Crippen molar-refractivity contribution >= 4 is 54.5 Å². The zero-order valence-electron chi connectivity index (χ0n) is 23.2. The molecule has 3 heteroatoms. The van der Waals surface area contributed by atoms with Crippen molar-refractivity contribution in [2.75, 3.05) is 0 Å². The number of benzene rings is 7. The van der Waals surface area contributed by atoms with Gasteiger partial charge in [0.2, 0.25) is 0 Å². The van der Waals surface area contributed by atoms with Crippen molar-refractivity contribution in [3.05, 3.63) is 146 Å². The van der Waals surface area contributed by atoms with E-state index >= 15 is 0 Å². The van der Waals surface area contributed by atoms with Gasteiger partial charge in [0.25, 0.3) is 0 Å². The first-order valence-electron chi connectivity index (χ1n) is 14.5. The summed E-state index contributed by atoms with van der Waals surface area (Å²) in [6.45, 7) is 0. The molecule has 0 bridgehead atoms. The third-order valence-electron chi connectivity index (χ3n) is 8.56. The van der Waals surface area contributed by atoms with Crippen LogP contribution < -0.4 is 0 Å². The summed E-state index contributed by atoms with van der Waals surface area (Å²) in [5, 5.41) is 6.86. The van der Waals surface area contributed by atoms with Gasteiger partial charge in [0.15, 0.2) is 0 Å². The van der Waals surface area contributed by atoms with E-state index in [1.807, 2.05) is 6.07 Å². The van der Waals surface area contributed by atoms with Crippen LogP contribution in [0, 0.1) is 0 Å². The standard InChI is InChI=1S/C40H24N2O/c1-2-9-25(10-3-1)29-15-7-17-34-35-18-8-16-30(40(35)43-39(29)34)28-12-6-11-26(23-28)27-19-20-33-36(24-27)31-13-4-5-14-32(31)37-38(33)42-22-21-41-37/h1-24H. The number of hydrogen-bond acceptors (Lipinski definition) is 3. The van der Waals surface area contributed by atoms with Crippen LogP contribution in [0.5, 0.6) is 0 Å². The van der Waals surface area contributed by atoms with E-state index in [2.05, 4.69) is 132 Å². The van der Waals surface area contributed by atoms with Gasteiger partial charge in [0, 0.05) is 45.1 Å². The normalized spacial score (nSPS) is 11.7. The zero-order chi connectivity index (χ0) is 28.3. The Morgan fingerprint density at radius 1 is 0.349 bits per heavy atom. The molecular weight excluding hydrogens is 524 g/mol. The summed E-state index contributed by atoms with van der Waals surface area (Å²) < 4.78 is 6.70. The van der Waals surface area contributed by atoms with Crippen LogP contribution in [0.25, 0.3) is 87.9 Å². The fourth-order valence-electron chi connectivity index (χ4n) is 6.57. The SMILES string of the molecule is c1ccc(-c2cccc3c2oc2c(-c4cccc(-c5ccc6c(c5)c5ccccc5c5nccnc65)c4)cccc23)cc1. The molecule has 3 nitrogen and oxygen atoms in total. The highest BCUT2D eigenvalue weighted by atomic mass is 16.3.